The number of nitrogens with one attached hydrogen (secondary N) is 1. The third-order valence-electron chi connectivity index (χ3n) is 6.11. The third kappa shape index (κ3) is 4.16. The molecular formula is C23H23N5O3S2. The second kappa shape index (κ2) is 8.35. The van der Waals surface area contributed by atoms with E-state index < -0.39 is 9.84 Å². The highest BCUT2D eigenvalue weighted by Gasteiger charge is 2.28. The number of sulfone groups is 1. The van der Waals surface area contributed by atoms with E-state index in [1.54, 1.807) is 12.4 Å². The normalized spacial score (nSPS) is 15.3. The molecule has 0 spiro atoms. The molecule has 0 saturated carbocycles. The molecule has 1 aliphatic heterocycles. The van der Waals surface area contributed by atoms with Crippen LogP contribution in [0.4, 0.5) is 5.82 Å². The summed E-state index contributed by atoms with van der Waals surface area (Å²) in [5, 5.41) is 8.07. The van der Waals surface area contributed by atoms with E-state index in [9.17, 15) is 13.2 Å². The number of benzene rings is 1. The van der Waals surface area contributed by atoms with Crippen LogP contribution in [0, 0.1) is 12.8 Å². The van der Waals surface area contributed by atoms with Crippen LogP contribution in [0.5, 0.6) is 0 Å². The van der Waals surface area contributed by atoms with Gasteiger partial charge in [-0.3, -0.25) is 9.89 Å². The highest BCUT2D eigenvalue weighted by atomic mass is 32.2. The average molecular weight is 482 g/mol. The number of hydrogen-bond acceptors (Lipinski definition) is 8. The first kappa shape index (κ1) is 21.7. The van der Waals surface area contributed by atoms with Crippen LogP contribution >= 0.6 is 11.3 Å². The van der Waals surface area contributed by atoms with Gasteiger partial charge < -0.3 is 4.90 Å². The zero-order valence-corrected chi connectivity index (χ0v) is 19.9. The van der Waals surface area contributed by atoms with Crippen molar-refractivity contribution >= 4 is 43.7 Å². The highest BCUT2D eigenvalue weighted by Crippen LogP contribution is 2.33. The van der Waals surface area contributed by atoms with Crippen molar-refractivity contribution in [2.75, 3.05) is 24.2 Å². The van der Waals surface area contributed by atoms with E-state index in [-0.39, 0.29) is 15.9 Å². The van der Waals surface area contributed by atoms with Gasteiger partial charge in [0, 0.05) is 41.9 Å². The van der Waals surface area contributed by atoms with Crippen LogP contribution < -0.4 is 4.90 Å². The molecule has 1 aliphatic rings. The predicted molar refractivity (Wildman–Crippen MR) is 129 cm³/mol. The first-order valence-electron chi connectivity index (χ1n) is 10.7. The fourth-order valence-electron chi connectivity index (χ4n) is 4.31. The van der Waals surface area contributed by atoms with E-state index in [4.69, 9.17) is 0 Å². The second-order valence-corrected chi connectivity index (χ2v) is 11.7. The molecule has 8 nitrogen and oxygen atoms in total. The number of ketones is 1. The van der Waals surface area contributed by atoms with Gasteiger partial charge in [0.05, 0.1) is 16.6 Å². The fraction of sp³-hybridized carbons (Fsp3) is 0.304. The van der Waals surface area contributed by atoms with Gasteiger partial charge in [-0.15, -0.1) is 11.3 Å². The summed E-state index contributed by atoms with van der Waals surface area (Å²) < 4.78 is 23.7. The average Bonchev–Trinajstić information content (AvgIpc) is 3.47. The number of piperidine rings is 1. The predicted octanol–water partition coefficient (Wildman–Crippen LogP) is 3.89. The van der Waals surface area contributed by atoms with Crippen LogP contribution in [-0.2, 0) is 9.84 Å². The lowest BCUT2D eigenvalue weighted by atomic mass is 9.91. The molecule has 0 bridgehead atoms. The number of H-pyrrole nitrogens is 1. The molecule has 1 N–H and O–H groups in total. The van der Waals surface area contributed by atoms with Gasteiger partial charge in [-0.25, -0.2) is 18.4 Å². The van der Waals surface area contributed by atoms with E-state index in [2.05, 4.69) is 31.1 Å². The van der Waals surface area contributed by atoms with E-state index in [1.165, 1.54) is 6.07 Å². The van der Waals surface area contributed by atoms with Crippen molar-refractivity contribution in [1.29, 1.82) is 0 Å². The Bertz CT molecular complexity index is 1450. The van der Waals surface area contributed by atoms with Gasteiger partial charge in [0.15, 0.2) is 15.6 Å². The summed E-state index contributed by atoms with van der Waals surface area (Å²) >= 11 is 1.06. The number of aromatic amines is 1. The van der Waals surface area contributed by atoms with Gasteiger partial charge in [0.25, 0.3) is 0 Å². The number of hydrogen-bond donors (Lipinski definition) is 1. The Morgan fingerprint density at radius 3 is 2.61 bits per heavy atom. The van der Waals surface area contributed by atoms with Gasteiger partial charge in [0.1, 0.15) is 16.4 Å². The molecule has 33 heavy (non-hydrogen) atoms. The molecule has 0 atom stereocenters. The summed E-state index contributed by atoms with van der Waals surface area (Å²) in [5.41, 5.74) is 3.96. The number of fused-ring (bicyclic) bond motifs is 1. The number of rotatable bonds is 5. The topological polar surface area (TPSA) is 109 Å². The quantitative estimate of drug-likeness (QED) is 0.431. The maximum Gasteiger partial charge on any atom is 0.184 e. The Hall–Kier alpha value is -3.11. The number of aryl methyl sites for hydroxylation is 1. The third-order valence-corrected chi connectivity index (χ3v) is 9.03. The molecule has 4 heterocycles. The maximum atomic E-state index is 13.0. The van der Waals surface area contributed by atoms with Crippen molar-refractivity contribution in [3.05, 3.63) is 53.4 Å². The molecule has 1 aromatic carbocycles. The number of thiophene rings is 1. The SMILES string of the molecule is Cc1[nH]ncc1-c1ccc2ncnc(N3CCC(C(=O)c4ccc(S(C)(=O)=O)s4)CC3)c2c1. The summed E-state index contributed by atoms with van der Waals surface area (Å²) in [4.78, 5) is 24.7. The first-order valence-corrected chi connectivity index (χ1v) is 13.4. The molecule has 0 radical (unpaired) electrons. The molecule has 0 amide bonds. The zero-order valence-electron chi connectivity index (χ0n) is 18.3. The summed E-state index contributed by atoms with van der Waals surface area (Å²) in [6, 6.07) is 9.28. The van der Waals surface area contributed by atoms with E-state index in [0.717, 1.165) is 51.1 Å². The van der Waals surface area contributed by atoms with Gasteiger partial charge in [-0.2, -0.15) is 5.10 Å². The molecule has 3 aromatic heterocycles. The summed E-state index contributed by atoms with van der Waals surface area (Å²) in [6.07, 6.45) is 5.94. The molecule has 4 aromatic rings. The standard InChI is InChI=1S/C23H23N5O3S2/c1-14-18(12-26-27-14)16-3-4-19-17(11-16)23(25-13-24-19)28-9-7-15(8-10-28)22(29)20-5-6-21(32-20)33(2,30)31/h3-6,11-13,15H,7-10H2,1-2H3,(H,26,27). The number of aromatic nitrogens is 4. The monoisotopic (exact) mass is 481 g/mol. The van der Waals surface area contributed by atoms with Gasteiger partial charge in [0.2, 0.25) is 0 Å². The minimum absolute atomic E-state index is 0.0276. The smallest absolute Gasteiger partial charge is 0.184 e. The van der Waals surface area contributed by atoms with E-state index in [1.807, 2.05) is 25.3 Å². The summed E-state index contributed by atoms with van der Waals surface area (Å²) in [5.74, 6) is 0.772. The molecule has 1 saturated heterocycles. The van der Waals surface area contributed by atoms with Gasteiger partial charge >= 0.3 is 0 Å². The van der Waals surface area contributed by atoms with Crippen molar-refractivity contribution < 1.29 is 13.2 Å². The first-order chi connectivity index (χ1) is 15.8. The van der Waals surface area contributed by atoms with Crippen molar-refractivity contribution in [2.45, 2.75) is 24.0 Å². The zero-order chi connectivity index (χ0) is 23.2. The van der Waals surface area contributed by atoms with E-state index >= 15 is 0 Å². The lowest BCUT2D eigenvalue weighted by molar-refractivity contribution is 0.0904. The van der Waals surface area contributed by atoms with Crippen molar-refractivity contribution in [3.63, 3.8) is 0 Å². The molecule has 170 valence electrons. The number of carbonyl (C=O) groups excluding carboxylic acids is 1. The second-order valence-electron chi connectivity index (χ2n) is 8.35. The maximum absolute atomic E-state index is 13.0. The van der Waals surface area contributed by atoms with Crippen molar-refractivity contribution in [1.82, 2.24) is 20.2 Å². The van der Waals surface area contributed by atoms with Gasteiger partial charge in [-0.05, 0) is 49.6 Å². The Morgan fingerprint density at radius 2 is 1.94 bits per heavy atom. The van der Waals surface area contributed by atoms with Crippen LogP contribution in [-0.4, -0.2) is 53.7 Å². The molecule has 5 rings (SSSR count). The Balaban J connectivity index is 1.36. The molecule has 10 heteroatoms. The number of nitrogens with zero attached hydrogens (tertiary/aromatic N) is 4. The molecular weight excluding hydrogens is 458 g/mol. The lowest BCUT2D eigenvalue weighted by Crippen LogP contribution is -2.36. The molecule has 1 fully saturated rings. The van der Waals surface area contributed by atoms with Crippen LogP contribution in [0.1, 0.15) is 28.2 Å². The van der Waals surface area contributed by atoms with Crippen molar-refractivity contribution in [2.24, 2.45) is 5.92 Å². The molecule has 0 unspecified atom stereocenters. The largest absolute Gasteiger partial charge is 0.356 e. The fourth-order valence-corrected chi connectivity index (χ4v) is 6.26. The summed E-state index contributed by atoms with van der Waals surface area (Å²) in [6.45, 7) is 3.38. The molecule has 0 aliphatic carbocycles. The Kier molecular flexibility index (Phi) is 5.49. The lowest BCUT2D eigenvalue weighted by Gasteiger charge is -2.32. The van der Waals surface area contributed by atoms with Crippen LogP contribution in [0.25, 0.3) is 22.0 Å². The number of Topliss-reactive ketones (excluding diaryl/α,β-unsaturated/α-hetero) is 1. The minimum Gasteiger partial charge on any atom is -0.356 e. The Labute approximate surface area is 195 Å². The number of anilines is 1. The summed E-state index contributed by atoms with van der Waals surface area (Å²) in [7, 11) is -3.30. The number of carbonyl (C=O) groups is 1. The van der Waals surface area contributed by atoms with Crippen LogP contribution in [0.15, 0.2) is 47.1 Å². The van der Waals surface area contributed by atoms with E-state index in [0.29, 0.717) is 30.8 Å². The van der Waals surface area contributed by atoms with Crippen molar-refractivity contribution in [3.8, 4) is 11.1 Å². The highest BCUT2D eigenvalue weighted by molar-refractivity contribution is 7.92. The van der Waals surface area contributed by atoms with Gasteiger partial charge in [-0.1, -0.05) is 6.07 Å². The minimum atomic E-state index is -3.30. The Morgan fingerprint density at radius 1 is 1.15 bits per heavy atom. The van der Waals surface area contributed by atoms with Crippen LogP contribution in [0.3, 0.4) is 0 Å². The van der Waals surface area contributed by atoms with Crippen LogP contribution in [0.2, 0.25) is 0 Å².